The van der Waals surface area contributed by atoms with Crippen LogP contribution in [-0.4, -0.2) is 50.5 Å². The molecule has 39 heavy (non-hydrogen) atoms. The van der Waals surface area contributed by atoms with Crippen LogP contribution < -0.4 is 14.8 Å². The summed E-state index contributed by atoms with van der Waals surface area (Å²) < 4.78 is 31.6. The molecule has 202 valence electrons. The Labute approximate surface area is 235 Å². The average molecular weight is 585 g/mol. The third kappa shape index (κ3) is 7.34. The van der Waals surface area contributed by atoms with E-state index in [4.69, 9.17) is 16.3 Å². The summed E-state index contributed by atoms with van der Waals surface area (Å²) in [5.41, 5.74) is 2.33. The molecule has 0 aliphatic carbocycles. The zero-order valence-electron chi connectivity index (χ0n) is 21.3. The maximum Gasteiger partial charge on any atom is 0.265 e. The van der Waals surface area contributed by atoms with Gasteiger partial charge in [0.25, 0.3) is 11.8 Å². The Morgan fingerprint density at radius 3 is 2.44 bits per heavy atom. The van der Waals surface area contributed by atoms with Crippen LogP contribution in [0.2, 0.25) is 5.02 Å². The van der Waals surface area contributed by atoms with Crippen molar-refractivity contribution < 1.29 is 22.7 Å². The van der Waals surface area contributed by atoms with Gasteiger partial charge in [0.15, 0.2) is 0 Å². The lowest BCUT2D eigenvalue weighted by Crippen LogP contribution is -2.21. The quantitative estimate of drug-likeness (QED) is 0.273. The minimum absolute atomic E-state index is 0.198. The number of rotatable bonds is 9. The lowest BCUT2D eigenvalue weighted by Gasteiger charge is -2.13. The van der Waals surface area contributed by atoms with Gasteiger partial charge in [-0.1, -0.05) is 41.9 Å². The number of ether oxygens (including phenoxy) is 1. The van der Waals surface area contributed by atoms with Crippen molar-refractivity contribution in [2.45, 2.75) is 6.61 Å². The van der Waals surface area contributed by atoms with Crippen LogP contribution in [0.4, 0.5) is 11.4 Å². The Morgan fingerprint density at radius 2 is 1.74 bits per heavy atom. The zero-order chi connectivity index (χ0) is 28.2. The molecular formula is C27H25ClN4O5S2. The number of anilines is 2. The largest absolute Gasteiger partial charge is 0.487 e. The molecular weight excluding hydrogens is 560 g/mol. The number of nitrogens with one attached hydrogen (secondary N) is 2. The Morgan fingerprint density at radius 1 is 1.03 bits per heavy atom. The van der Waals surface area contributed by atoms with Crippen LogP contribution in [0.25, 0.3) is 11.3 Å². The number of carbonyl (C=O) groups is 2. The van der Waals surface area contributed by atoms with Crippen molar-refractivity contribution in [1.82, 2.24) is 9.88 Å². The van der Waals surface area contributed by atoms with E-state index < -0.39 is 15.9 Å². The Bertz CT molecular complexity index is 1620. The molecule has 0 saturated heterocycles. The minimum Gasteiger partial charge on any atom is -0.487 e. The lowest BCUT2D eigenvalue weighted by atomic mass is 10.1. The highest BCUT2D eigenvalue weighted by molar-refractivity contribution is 7.92. The van der Waals surface area contributed by atoms with Gasteiger partial charge in [-0.3, -0.25) is 19.3 Å². The van der Waals surface area contributed by atoms with E-state index in [1.165, 1.54) is 23.1 Å². The van der Waals surface area contributed by atoms with Crippen LogP contribution in [-0.2, 0) is 16.6 Å². The number of carbonyl (C=O) groups excluding carboxylic acids is 2. The molecule has 0 saturated carbocycles. The van der Waals surface area contributed by atoms with Crippen molar-refractivity contribution in [3.05, 3.63) is 93.3 Å². The molecule has 0 bridgehead atoms. The number of thiophene rings is 1. The number of benzene rings is 2. The zero-order valence-corrected chi connectivity index (χ0v) is 23.7. The van der Waals surface area contributed by atoms with Gasteiger partial charge in [-0.05, 0) is 42.0 Å². The highest BCUT2D eigenvalue weighted by Crippen LogP contribution is 2.37. The normalized spacial score (nSPS) is 11.1. The summed E-state index contributed by atoms with van der Waals surface area (Å²) >= 11 is 7.15. The number of nitrogens with zero attached hydrogens (tertiary/aromatic N) is 2. The van der Waals surface area contributed by atoms with Crippen LogP contribution in [0.15, 0.2) is 72.9 Å². The molecule has 0 fully saturated rings. The molecule has 2 N–H and O–H groups in total. The first-order valence-corrected chi connectivity index (χ1v) is 14.7. The number of hydrogen-bond donors (Lipinski definition) is 2. The summed E-state index contributed by atoms with van der Waals surface area (Å²) in [6.07, 6.45) is 2.60. The molecule has 12 heteroatoms. The maximum absolute atomic E-state index is 13.2. The molecule has 2 amide bonds. The topological polar surface area (TPSA) is 118 Å². The Balaban J connectivity index is 1.67. The molecule has 4 aromatic rings. The first-order valence-electron chi connectivity index (χ1n) is 11.6. The van der Waals surface area contributed by atoms with Crippen molar-refractivity contribution >= 4 is 56.2 Å². The van der Waals surface area contributed by atoms with Gasteiger partial charge in [0.05, 0.1) is 16.8 Å². The standard InChI is InChI=1S/C27H25ClN4O5S2/c1-32(2)27(34)25-21(24-22(10-7-11-29-24)37-16-17-8-5-4-6-9-17)15-23(38-25)26(33)30-19-12-18(28)13-20(14-19)31-39(3,35)36/h4-15,31H,16H2,1-3H3,(H,30,33). The fourth-order valence-corrected chi connectivity index (χ4v) is 5.47. The van der Waals surface area contributed by atoms with Gasteiger partial charge in [0.2, 0.25) is 10.0 Å². The lowest BCUT2D eigenvalue weighted by molar-refractivity contribution is 0.0832. The smallest absolute Gasteiger partial charge is 0.265 e. The van der Waals surface area contributed by atoms with Crippen molar-refractivity contribution in [3.63, 3.8) is 0 Å². The van der Waals surface area contributed by atoms with Crippen molar-refractivity contribution in [2.75, 3.05) is 30.4 Å². The highest BCUT2D eigenvalue weighted by atomic mass is 35.5. The van der Waals surface area contributed by atoms with Gasteiger partial charge in [-0.15, -0.1) is 11.3 Å². The van der Waals surface area contributed by atoms with E-state index >= 15 is 0 Å². The first-order chi connectivity index (χ1) is 18.5. The predicted octanol–water partition coefficient (Wildman–Crippen LogP) is 5.37. The summed E-state index contributed by atoms with van der Waals surface area (Å²) in [5.74, 6) is -0.337. The number of amides is 2. The van der Waals surface area contributed by atoms with E-state index in [9.17, 15) is 18.0 Å². The first kappa shape index (κ1) is 28.1. The number of aromatic nitrogens is 1. The van der Waals surface area contributed by atoms with E-state index in [1.807, 2.05) is 30.3 Å². The molecule has 0 unspecified atom stereocenters. The van der Waals surface area contributed by atoms with Crippen molar-refractivity contribution in [3.8, 4) is 17.0 Å². The minimum atomic E-state index is -3.55. The summed E-state index contributed by atoms with van der Waals surface area (Å²) in [4.78, 5) is 32.8. The van der Waals surface area contributed by atoms with Gasteiger partial charge in [-0.2, -0.15) is 0 Å². The molecule has 2 heterocycles. The molecule has 0 spiro atoms. The molecule has 0 atom stereocenters. The van der Waals surface area contributed by atoms with Gasteiger partial charge in [0, 0.05) is 36.6 Å². The van der Waals surface area contributed by atoms with E-state index in [0.29, 0.717) is 28.5 Å². The molecule has 0 radical (unpaired) electrons. The Hall–Kier alpha value is -3.93. The van der Waals surface area contributed by atoms with Gasteiger partial charge >= 0.3 is 0 Å². The van der Waals surface area contributed by atoms with Gasteiger partial charge in [0.1, 0.15) is 22.9 Å². The second-order valence-electron chi connectivity index (χ2n) is 8.73. The number of pyridine rings is 1. The molecule has 4 rings (SSSR count). The summed E-state index contributed by atoms with van der Waals surface area (Å²) in [7, 11) is -0.301. The van der Waals surface area contributed by atoms with Crippen molar-refractivity contribution in [2.24, 2.45) is 0 Å². The maximum atomic E-state index is 13.2. The third-order valence-corrected chi connectivity index (χ3v) is 7.22. The fraction of sp³-hybridized carbons (Fsp3) is 0.148. The van der Waals surface area contributed by atoms with E-state index in [-0.39, 0.29) is 27.2 Å². The van der Waals surface area contributed by atoms with E-state index in [2.05, 4.69) is 15.0 Å². The van der Waals surface area contributed by atoms with Crippen molar-refractivity contribution in [1.29, 1.82) is 0 Å². The molecule has 2 aromatic heterocycles. The third-order valence-electron chi connectivity index (χ3n) is 5.28. The molecule has 0 aliphatic rings. The number of halogens is 1. The van der Waals surface area contributed by atoms with Crippen LogP contribution >= 0.6 is 22.9 Å². The molecule has 2 aromatic carbocycles. The number of sulfonamides is 1. The fourth-order valence-electron chi connectivity index (χ4n) is 3.61. The van der Waals surface area contributed by atoms with Crippen LogP contribution in [0.3, 0.4) is 0 Å². The average Bonchev–Trinajstić information content (AvgIpc) is 3.32. The summed E-state index contributed by atoms with van der Waals surface area (Å²) in [6.45, 7) is 0.298. The number of hydrogen-bond acceptors (Lipinski definition) is 7. The molecule has 9 nitrogen and oxygen atoms in total. The monoisotopic (exact) mass is 584 g/mol. The second kappa shape index (κ2) is 11.9. The van der Waals surface area contributed by atoms with Gasteiger partial charge < -0.3 is 15.0 Å². The summed E-state index contributed by atoms with van der Waals surface area (Å²) in [6, 6.07) is 19.1. The predicted molar refractivity (Wildman–Crippen MR) is 154 cm³/mol. The van der Waals surface area contributed by atoms with Crippen LogP contribution in [0.1, 0.15) is 24.9 Å². The SMILES string of the molecule is CN(C)C(=O)c1sc(C(=O)Nc2cc(Cl)cc(NS(C)(=O)=O)c2)cc1-c1ncccc1OCc1ccccc1. The van der Waals surface area contributed by atoms with Crippen LogP contribution in [0, 0.1) is 0 Å². The molecule has 0 aliphatic heterocycles. The van der Waals surface area contributed by atoms with E-state index in [0.717, 1.165) is 23.2 Å². The van der Waals surface area contributed by atoms with Gasteiger partial charge in [-0.25, -0.2) is 8.42 Å². The highest BCUT2D eigenvalue weighted by Gasteiger charge is 2.25. The second-order valence-corrected chi connectivity index (χ2v) is 12.0. The van der Waals surface area contributed by atoms with Crippen LogP contribution in [0.5, 0.6) is 5.75 Å². The van der Waals surface area contributed by atoms with E-state index in [1.54, 1.807) is 38.5 Å². The Kier molecular flexibility index (Phi) is 8.54. The summed E-state index contributed by atoms with van der Waals surface area (Å²) in [5, 5.41) is 2.95.